The van der Waals surface area contributed by atoms with Crippen LogP contribution in [0.15, 0.2) is 42.5 Å². The Bertz CT molecular complexity index is 750. The van der Waals surface area contributed by atoms with E-state index in [1.165, 1.54) is 6.07 Å². The summed E-state index contributed by atoms with van der Waals surface area (Å²) in [4.78, 5) is 23.3. The van der Waals surface area contributed by atoms with Crippen molar-refractivity contribution in [2.24, 2.45) is 0 Å². The molecule has 0 saturated heterocycles. The topological polar surface area (TPSA) is 81.5 Å². The number of benzene rings is 2. The lowest BCUT2D eigenvalue weighted by Crippen LogP contribution is -2.25. The van der Waals surface area contributed by atoms with Crippen LogP contribution in [0.1, 0.15) is 27.9 Å². The molecule has 7 heteroatoms. The molecular formula is C18H19IN2O4. The van der Waals surface area contributed by atoms with E-state index in [-0.39, 0.29) is 23.6 Å². The van der Waals surface area contributed by atoms with E-state index in [1.807, 2.05) is 30.3 Å². The van der Waals surface area contributed by atoms with Crippen LogP contribution in [0.3, 0.4) is 0 Å². The maximum atomic E-state index is 12.3. The molecule has 6 nitrogen and oxygen atoms in total. The van der Waals surface area contributed by atoms with E-state index in [0.717, 1.165) is 16.4 Å². The predicted molar refractivity (Wildman–Crippen MR) is 104 cm³/mol. The van der Waals surface area contributed by atoms with Crippen molar-refractivity contribution >= 4 is 34.2 Å². The second-order valence-corrected chi connectivity index (χ2v) is 6.52. The number of alkyl halides is 1. The first-order chi connectivity index (χ1) is 12.0. The summed E-state index contributed by atoms with van der Waals surface area (Å²) in [7, 11) is 0. The summed E-state index contributed by atoms with van der Waals surface area (Å²) in [5.41, 5.74) is 1.24. The zero-order chi connectivity index (χ0) is 18.2. The highest BCUT2D eigenvalue weighted by atomic mass is 127. The third-order valence-electron chi connectivity index (χ3n) is 3.58. The van der Waals surface area contributed by atoms with E-state index in [2.05, 4.69) is 27.9 Å². The minimum atomic E-state index is -0.555. The highest BCUT2D eigenvalue weighted by Gasteiger charge is 2.27. The molecule has 0 saturated carbocycles. The third kappa shape index (κ3) is 5.15. The minimum Gasteiger partial charge on any atom is -0.482 e. The molecule has 25 heavy (non-hydrogen) atoms. The number of carbonyl (C=O) groups excluding carboxylic acids is 1. The smallest absolute Gasteiger partial charge is 0.323 e. The molecule has 2 aromatic rings. The Morgan fingerprint density at radius 1 is 1.24 bits per heavy atom. The number of carbonyl (C=O) groups is 1. The molecule has 0 aromatic heterocycles. The van der Waals surface area contributed by atoms with E-state index in [9.17, 15) is 14.9 Å². The van der Waals surface area contributed by atoms with Gasteiger partial charge in [-0.2, -0.15) is 0 Å². The number of rotatable bonds is 8. The van der Waals surface area contributed by atoms with Gasteiger partial charge in [-0.15, -0.1) is 0 Å². The Morgan fingerprint density at radius 3 is 2.60 bits per heavy atom. The molecule has 0 unspecified atom stereocenters. The number of amides is 1. The lowest BCUT2D eigenvalue weighted by atomic mass is 10.1. The molecule has 2 aromatic carbocycles. The van der Waals surface area contributed by atoms with Crippen molar-refractivity contribution in [1.29, 1.82) is 0 Å². The second-order valence-electron chi connectivity index (χ2n) is 5.44. The van der Waals surface area contributed by atoms with Gasteiger partial charge in [0.05, 0.1) is 4.92 Å². The van der Waals surface area contributed by atoms with Crippen molar-refractivity contribution in [3.63, 3.8) is 0 Å². The number of ether oxygens (including phenoxy) is 1. The van der Waals surface area contributed by atoms with Crippen LogP contribution >= 0.6 is 22.6 Å². The molecule has 0 aliphatic carbocycles. The largest absolute Gasteiger partial charge is 0.482 e. The Labute approximate surface area is 159 Å². The molecule has 0 radical (unpaired) electrons. The number of nitrogens with one attached hydrogen (secondary N) is 1. The first-order valence-corrected chi connectivity index (χ1v) is 9.36. The molecule has 0 aliphatic heterocycles. The van der Waals surface area contributed by atoms with Crippen molar-refractivity contribution < 1.29 is 14.5 Å². The van der Waals surface area contributed by atoms with E-state index in [4.69, 9.17) is 4.74 Å². The average Bonchev–Trinajstić information content (AvgIpc) is 2.61. The van der Waals surface area contributed by atoms with Crippen molar-refractivity contribution in [1.82, 2.24) is 5.32 Å². The maximum absolute atomic E-state index is 12.3. The summed E-state index contributed by atoms with van der Waals surface area (Å²) in [6.45, 7) is 2.40. The lowest BCUT2D eigenvalue weighted by Gasteiger charge is -2.12. The fourth-order valence-electron chi connectivity index (χ4n) is 2.31. The average molecular weight is 454 g/mol. The third-order valence-corrected chi connectivity index (χ3v) is 4.34. The van der Waals surface area contributed by atoms with Gasteiger partial charge in [-0.25, -0.2) is 0 Å². The van der Waals surface area contributed by atoms with Crippen molar-refractivity contribution in [3.05, 3.63) is 69.3 Å². The zero-order valence-corrected chi connectivity index (χ0v) is 16.0. The van der Waals surface area contributed by atoms with Crippen molar-refractivity contribution in [3.8, 4) is 5.75 Å². The van der Waals surface area contributed by atoms with Crippen LogP contribution < -0.4 is 10.1 Å². The molecule has 0 bridgehead atoms. The fourth-order valence-corrected chi connectivity index (χ4v) is 2.69. The molecule has 2 rings (SSSR count). The van der Waals surface area contributed by atoms with Gasteiger partial charge in [0, 0.05) is 11.0 Å². The SMILES string of the molecule is Cc1ccc(C(=O)NCCCI)c([N+](=O)[O-])c1OCc1ccccc1. The molecule has 1 amide bonds. The summed E-state index contributed by atoms with van der Waals surface area (Å²) in [5, 5.41) is 14.3. The molecule has 0 aliphatic rings. The number of nitro groups is 1. The quantitative estimate of drug-likeness (QED) is 0.215. The maximum Gasteiger partial charge on any atom is 0.323 e. The summed E-state index contributed by atoms with van der Waals surface area (Å²) in [6.07, 6.45) is 0.809. The summed E-state index contributed by atoms with van der Waals surface area (Å²) in [6, 6.07) is 12.5. The Morgan fingerprint density at radius 2 is 1.96 bits per heavy atom. The standard InChI is InChI=1S/C18H19IN2O4/c1-13-8-9-15(18(22)20-11-5-10-19)16(21(23)24)17(13)25-12-14-6-3-2-4-7-14/h2-4,6-9H,5,10-12H2,1H3,(H,20,22). The van der Waals surface area contributed by atoms with Gasteiger partial charge in [0.2, 0.25) is 5.75 Å². The van der Waals surface area contributed by atoms with Crippen molar-refractivity contribution in [2.45, 2.75) is 20.0 Å². The number of nitro benzene ring substituents is 1. The molecule has 0 heterocycles. The van der Waals surface area contributed by atoms with E-state index >= 15 is 0 Å². The van der Waals surface area contributed by atoms with Gasteiger partial charge in [-0.3, -0.25) is 14.9 Å². The zero-order valence-electron chi connectivity index (χ0n) is 13.8. The van der Waals surface area contributed by atoms with Gasteiger partial charge >= 0.3 is 5.69 Å². The van der Waals surface area contributed by atoms with Gasteiger partial charge in [0.1, 0.15) is 12.2 Å². The van der Waals surface area contributed by atoms with Crippen LogP contribution in [0.25, 0.3) is 0 Å². The summed E-state index contributed by atoms with van der Waals surface area (Å²) in [5.74, 6) is -0.323. The van der Waals surface area contributed by atoms with Crippen LogP contribution in [-0.4, -0.2) is 21.8 Å². The molecular weight excluding hydrogens is 435 g/mol. The van der Waals surface area contributed by atoms with Crippen molar-refractivity contribution in [2.75, 3.05) is 11.0 Å². The molecule has 0 fully saturated rings. The Balaban J connectivity index is 2.29. The highest BCUT2D eigenvalue weighted by Crippen LogP contribution is 2.35. The summed E-state index contributed by atoms with van der Waals surface area (Å²) >= 11 is 2.21. The van der Waals surface area contributed by atoms with Crippen LogP contribution in [0.5, 0.6) is 5.75 Å². The second kappa shape index (κ2) is 9.36. The van der Waals surface area contributed by atoms with Crippen LogP contribution in [0.4, 0.5) is 5.69 Å². The monoisotopic (exact) mass is 454 g/mol. The van der Waals surface area contributed by atoms with E-state index < -0.39 is 10.8 Å². The molecule has 132 valence electrons. The fraction of sp³-hybridized carbons (Fsp3) is 0.278. The number of halogens is 1. The first kappa shape index (κ1) is 19.2. The van der Waals surface area contributed by atoms with Gasteiger partial charge in [0.15, 0.2) is 0 Å². The number of aryl methyl sites for hydroxylation is 1. The van der Waals surface area contributed by atoms with Crippen LogP contribution in [-0.2, 0) is 6.61 Å². The van der Waals surface area contributed by atoms with Gasteiger partial charge in [0.25, 0.3) is 5.91 Å². The molecule has 0 atom stereocenters. The Hall–Kier alpha value is -2.16. The first-order valence-electron chi connectivity index (χ1n) is 7.83. The number of nitrogens with zero attached hydrogens (tertiary/aromatic N) is 1. The number of hydrogen-bond acceptors (Lipinski definition) is 4. The van der Waals surface area contributed by atoms with Gasteiger partial charge < -0.3 is 10.1 Å². The van der Waals surface area contributed by atoms with Gasteiger partial charge in [-0.05, 0) is 30.5 Å². The van der Waals surface area contributed by atoms with E-state index in [0.29, 0.717) is 12.1 Å². The minimum absolute atomic E-state index is 0.0205. The molecule has 0 spiro atoms. The predicted octanol–water partition coefficient (Wildman–Crippen LogP) is 4.04. The lowest BCUT2D eigenvalue weighted by molar-refractivity contribution is -0.386. The van der Waals surface area contributed by atoms with Crippen LogP contribution in [0, 0.1) is 17.0 Å². The normalized spacial score (nSPS) is 10.3. The van der Waals surface area contributed by atoms with Gasteiger partial charge in [-0.1, -0.05) is 59.0 Å². The Kier molecular flexibility index (Phi) is 7.17. The van der Waals surface area contributed by atoms with Crippen LogP contribution in [0.2, 0.25) is 0 Å². The van der Waals surface area contributed by atoms with E-state index in [1.54, 1.807) is 13.0 Å². The number of hydrogen-bond donors (Lipinski definition) is 1. The highest BCUT2D eigenvalue weighted by molar-refractivity contribution is 14.1. The molecule has 1 N–H and O–H groups in total. The summed E-state index contributed by atoms with van der Waals surface area (Å²) < 4.78 is 6.61.